The molecule has 0 saturated carbocycles. The highest BCUT2D eigenvalue weighted by Gasteiger charge is 2.18. The van der Waals surface area contributed by atoms with E-state index in [0.29, 0.717) is 41.0 Å². The Labute approximate surface area is 154 Å². The fraction of sp³-hybridized carbons (Fsp3) is 0.133. The number of nitrogens with one attached hydrogen (secondary N) is 1. The van der Waals surface area contributed by atoms with Crippen LogP contribution in [0, 0.1) is 3.57 Å². The van der Waals surface area contributed by atoms with E-state index < -0.39 is 0 Å². The Kier molecular flexibility index (Phi) is 4.79. The molecule has 1 N–H and O–H groups in total. The fourth-order valence-electron chi connectivity index (χ4n) is 2.02. The molecule has 2 aromatic carbocycles. The molecule has 4 nitrogen and oxygen atoms in total. The molecule has 1 aliphatic rings. The van der Waals surface area contributed by atoms with Gasteiger partial charge in [0.2, 0.25) is 0 Å². The average molecular weight is 495 g/mol. The molecule has 22 heavy (non-hydrogen) atoms. The van der Waals surface area contributed by atoms with Crippen LogP contribution >= 0.6 is 50.1 Å². The molecule has 0 atom stereocenters. The van der Waals surface area contributed by atoms with Gasteiger partial charge in [-0.05, 0) is 40.8 Å². The molecule has 0 spiro atoms. The van der Waals surface area contributed by atoms with E-state index in [1.54, 1.807) is 18.2 Å². The summed E-state index contributed by atoms with van der Waals surface area (Å²) in [5, 5.41) is 3.22. The lowest BCUT2D eigenvalue weighted by Gasteiger charge is -2.20. The summed E-state index contributed by atoms with van der Waals surface area (Å²) in [6.07, 6.45) is 0. The minimum Gasteiger partial charge on any atom is -0.486 e. The van der Waals surface area contributed by atoms with Crippen molar-refractivity contribution in [1.82, 2.24) is 0 Å². The average Bonchev–Trinajstić information content (AvgIpc) is 2.50. The van der Waals surface area contributed by atoms with Crippen molar-refractivity contribution in [3.05, 3.63) is 49.0 Å². The molecule has 0 fully saturated rings. The summed E-state index contributed by atoms with van der Waals surface area (Å²) in [5.74, 6) is 0.936. The van der Waals surface area contributed by atoms with Gasteiger partial charge < -0.3 is 14.8 Å². The summed E-state index contributed by atoms with van der Waals surface area (Å²) in [6.45, 7) is 0.969. The number of fused-ring (bicyclic) bond motifs is 1. The lowest BCUT2D eigenvalue weighted by molar-refractivity contribution is 0.102. The Balaban J connectivity index is 1.89. The van der Waals surface area contributed by atoms with Crippen LogP contribution < -0.4 is 14.8 Å². The first-order chi connectivity index (χ1) is 10.5. The van der Waals surface area contributed by atoms with Gasteiger partial charge in [-0.2, -0.15) is 0 Å². The second-order valence-electron chi connectivity index (χ2n) is 4.55. The van der Waals surface area contributed by atoms with Crippen LogP contribution in [0.15, 0.2) is 34.8 Å². The van der Waals surface area contributed by atoms with Crippen LogP contribution in [0.2, 0.25) is 5.02 Å². The van der Waals surface area contributed by atoms with E-state index in [4.69, 9.17) is 21.1 Å². The molecule has 1 aliphatic heterocycles. The van der Waals surface area contributed by atoms with Crippen LogP contribution in [-0.2, 0) is 0 Å². The first-order valence-corrected chi connectivity index (χ1v) is 8.65. The molecule has 1 heterocycles. The molecule has 0 bridgehead atoms. The summed E-state index contributed by atoms with van der Waals surface area (Å²) in [7, 11) is 0. The lowest BCUT2D eigenvalue weighted by atomic mass is 10.2. The molecular weight excluding hydrogens is 484 g/mol. The summed E-state index contributed by atoms with van der Waals surface area (Å²) < 4.78 is 12.7. The molecule has 0 aliphatic carbocycles. The highest BCUT2D eigenvalue weighted by molar-refractivity contribution is 14.1. The number of ether oxygens (including phenoxy) is 2. The SMILES string of the molecule is O=C(Nc1cc2c(cc1Cl)OCCO2)c1cc(Br)ccc1I. The predicted octanol–water partition coefficient (Wildman–Crippen LogP) is 4.73. The van der Waals surface area contributed by atoms with Crippen molar-refractivity contribution in [2.75, 3.05) is 18.5 Å². The van der Waals surface area contributed by atoms with Crippen molar-refractivity contribution in [3.8, 4) is 11.5 Å². The van der Waals surface area contributed by atoms with Crippen molar-refractivity contribution in [1.29, 1.82) is 0 Å². The lowest BCUT2D eigenvalue weighted by Crippen LogP contribution is -2.17. The fourth-order valence-corrected chi connectivity index (χ4v) is 3.16. The number of hydrogen-bond donors (Lipinski definition) is 1. The molecule has 0 unspecified atom stereocenters. The number of carbonyl (C=O) groups is 1. The summed E-state index contributed by atoms with van der Waals surface area (Å²) >= 11 is 11.7. The van der Waals surface area contributed by atoms with Crippen LogP contribution in [0.1, 0.15) is 10.4 Å². The van der Waals surface area contributed by atoms with Crippen LogP contribution in [0.3, 0.4) is 0 Å². The Hall–Kier alpha value is -0.990. The minimum atomic E-state index is -0.232. The topological polar surface area (TPSA) is 47.6 Å². The Bertz CT molecular complexity index is 754. The zero-order valence-corrected chi connectivity index (χ0v) is 15.7. The predicted molar refractivity (Wildman–Crippen MR) is 97.3 cm³/mol. The largest absolute Gasteiger partial charge is 0.486 e. The van der Waals surface area contributed by atoms with Gasteiger partial charge in [-0.15, -0.1) is 0 Å². The van der Waals surface area contributed by atoms with E-state index in [9.17, 15) is 4.79 Å². The molecule has 0 saturated heterocycles. The molecular formula is C15H10BrClINO3. The van der Waals surface area contributed by atoms with Gasteiger partial charge >= 0.3 is 0 Å². The maximum absolute atomic E-state index is 12.4. The van der Waals surface area contributed by atoms with E-state index in [1.165, 1.54) is 0 Å². The molecule has 0 radical (unpaired) electrons. The van der Waals surface area contributed by atoms with Gasteiger partial charge in [-0.1, -0.05) is 27.5 Å². The summed E-state index contributed by atoms with van der Waals surface area (Å²) in [4.78, 5) is 12.4. The third-order valence-electron chi connectivity index (χ3n) is 3.05. The van der Waals surface area contributed by atoms with E-state index in [-0.39, 0.29) is 5.91 Å². The number of carbonyl (C=O) groups excluding carboxylic acids is 1. The van der Waals surface area contributed by atoms with Gasteiger partial charge in [0, 0.05) is 20.2 Å². The normalized spacial score (nSPS) is 12.9. The first-order valence-electron chi connectivity index (χ1n) is 6.40. The van der Waals surface area contributed by atoms with Crippen molar-refractivity contribution in [2.45, 2.75) is 0 Å². The van der Waals surface area contributed by atoms with Gasteiger partial charge in [0.05, 0.1) is 16.3 Å². The van der Waals surface area contributed by atoms with Gasteiger partial charge in [0.1, 0.15) is 13.2 Å². The minimum absolute atomic E-state index is 0.232. The molecule has 114 valence electrons. The van der Waals surface area contributed by atoms with E-state index in [0.717, 1.165) is 8.04 Å². The van der Waals surface area contributed by atoms with Crippen molar-refractivity contribution < 1.29 is 14.3 Å². The second kappa shape index (κ2) is 6.64. The van der Waals surface area contributed by atoms with E-state index in [1.807, 2.05) is 12.1 Å². The Morgan fingerprint density at radius 1 is 1.18 bits per heavy atom. The van der Waals surface area contributed by atoms with E-state index >= 15 is 0 Å². The van der Waals surface area contributed by atoms with Gasteiger partial charge in [-0.25, -0.2) is 0 Å². The second-order valence-corrected chi connectivity index (χ2v) is 7.04. The number of rotatable bonds is 2. The zero-order chi connectivity index (χ0) is 15.7. The number of amides is 1. The first kappa shape index (κ1) is 15.9. The number of benzene rings is 2. The maximum Gasteiger partial charge on any atom is 0.256 e. The highest BCUT2D eigenvalue weighted by Crippen LogP contribution is 2.38. The molecule has 7 heteroatoms. The van der Waals surface area contributed by atoms with Crippen molar-refractivity contribution in [2.24, 2.45) is 0 Å². The molecule has 2 aromatic rings. The molecule has 1 amide bonds. The molecule has 0 aromatic heterocycles. The highest BCUT2D eigenvalue weighted by atomic mass is 127. The smallest absolute Gasteiger partial charge is 0.256 e. The molecule has 3 rings (SSSR count). The van der Waals surface area contributed by atoms with E-state index in [2.05, 4.69) is 43.8 Å². The number of hydrogen-bond acceptors (Lipinski definition) is 3. The zero-order valence-electron chi connectivity index (χ0n) is 11.2. The number of anilines is 1. The van der Waals surface area contributed by atoms with Crippen LogP contribution in [0.4, 0.5) is 5.69 Å². The summed E-state index contributed by atoms with van der Waals surface area (Å²) in [6, 6.07) is 8.85. The van der Waals surface area contributed by atoms with Gasteiger partial charge in [0.15, 0.2) is 11.5 Å². The van der Waals surface area contributed by atoms with Crippen LogP contribution in [-0.4, -0.2) is 19.1 Å². The van der Waals surface area contributed by atoms with Gasteiger partial charge in [0.25, 0.3) is 5.91 Å². The standard InChI is InChI=1S/C15H10BrClINO3/c16-8-1-2-11(18)9(5-8)15(20)19-12-7-14-13(6-10(12)17)21-3-4-22-14/h1-2,5-7H,3-4H2,(H,19,20). The monoisotopic (exact) mass is 493 g/mol. The maximum atomic E-state index is 12.4. The van der Waals surface area contributed by atoms with Crippen molar-refractivity contribution in [3.63, 3.8) is 0 Å². The van der Waals surface area contributed by atoms with Crippen molar-refractivity contribution >= 4 is 61.7 Å². The third kappa shape index (κ3) is 3.33. The Morgan fingerprint density at radius 3 is 2.59 bits per heavy atom. The van der Waals surface area contributed by atoms with Crippen LogP contribution in [0.25, 0.3) is 0 Å². The van der Waals surface area contributed by atoms with Crippen LogP contribution in [0.5, 0.6) is 11.5 Å². The quantitative estimate of drug-likeness (QED) is 0.615. The number of halogens is 3. The van der Waals surface area contributed by atoms with Gasteiger partial charge in [-0.3, -0.25) is 4.79 Å². The third-order valence-corrected chi connectivity index (χ3v) is 4.80. The summed E-state index contributed by atoms with van der Waals surface area (Å²) in [5.41, 5.74) is 1.06. The Morgan fingerprint density at radius 2 is 1.86 bits per heavy atom.